The van der Waals surface area contributed by atoms with Crippen molar-refractivity contribution < 1.29 is 14.3 Å². The number of aromatic nitrogens is 1. The number of hydrogen-bond donors (Lipinski definition) is 1. The summed E-state index contributed by atoms with van der Waals surface area (Å²) in [7, 11) is 1.30. The quantitative estimate of drug-likeness (QED) is 0.866. The summed E-state index contributed by atoms with van der Waals surface area (Å²) >= 11 is 0. The Kier molecular flexibility index (Phi) is 4.88. The van der Waals surface area contributed by atoms with Gasteiger partial charge >= 0.3 is 5.97 Å². The van der Waals surface area contributed by atoms with Gasteiger partial charge in [0.25, 0.3) is 5.56 Å². The molecule has 1 saturated carbocycles. The maximum absolute atomic E-state index is 12.8. The molecule has 0 spiro atoms. The first-order chi connectivity index (χ1) is 12.0. The topological polar surface area (TPSA) is 77.4 Å². The first kappa shape index (κ1) is 17.2. The molecule has 1 amide bonds. The van der Waals surface area contributed by atoms with Crippen molar-refractivity contribution in [2.45, 2.75) is 44.7 Å². The Bertz CT molecular complexity index is 865. The van der Waals surface area contributed by atoms with Crippen LogP contribution >= 0.6 is 0 Å². The van der Waals surface area contributed by atoms with Crippen molar-refractivity contribution >= 4 is 22.6 Å². The van der Waals surface area contributed by atoms with Crippen molar-refractivity contribution in [1.82, 2.24) is 9.88 Å². The number of esters is 1. The molecule has 1 aromatic carbocycles. The zero-order chi connectivity index (χ0) is 18.0. The minimum atomic E-state index is -0.612. The van der Waals surface area contributed by atoms with Gasteiger partial charge in [-0.2, -0.15) is 0 Å². The molecular weight excluding hydrogens is 320 g/mol. The van der Waals surface area contributed by atoms with Crippen molar-refractivity contribution in [3.63, 3.8) is 0 Å². The molecule has 0 saturated heterocycles. The van der Waals surface area contributed by atoms with Crippen LogP contribution in [0, 0.1) is 0 Å². The minimum Gasteiger partial charge on any atom is -0.465 e. The fourth-order valence-electron chi connectivity index (χ4n) is 3.32. The maximum atomic E-state index is 12.8. The highest BCUT2D eigenvalue weighted by molar-refractivity contribution is 5.95. The van der Waals surface area contributed by atoms with Crippen LogP contribution in [0.2, 0.25) is 0 Å². The number of hydrogen-bond acceptors (Lipinski definition) is 4. The first-order valence-corrected chi connectivity index (χ1v) is 8.55. The number of nitrogens with one attached hydrogen (secondary N) is 1. The van der Waals surface area contributed by atoms with E-state index in [0.717, 1.165) is 31.1 Å². The van der Waals surface area contributed by atoms with Crippen molar-refractivity contribution in [2.24, 2.45) is 0 Å². The lowest BCUT2D eigenvalue weighted by atomic mass is 10.1. The van der Waals surface area contributed by atoms with Crippen molar-refractivity contribution in [1.29, 1.82) is 0 Å². The molecular formula is C19H22N2O4. The molecule has 2 aromatic rings. The molecule has 6 heteroatoms. The van der Waals surface area contributed by atoms with E-state index in [4.69, 9.17) is 4.74 Å². The molecule has 1 N–H and O–H groups in total. The van der Waals surface area contributed by atoms with Crippen LogP contribution in [0.15, 0.2) is 35.3 Å². The Morgan fingerprint density at radius 1 is 1.24 bits per heavy atom. The van der Waals surface area contributed by atoms with E-state index in [1.807, 2.05) is 0 Å². The third-order valence-corrected chi connectivity index (χ3v) is 4.85. The number of carbonyl (C=O) groups excluding carboxylic acids is 2. The van der Waals surface area contributed by atoms with Crippen LogP contribution in [0.5, 0.6) is 0 Å². The Hall–Kier alpha value is -2.63. The highest BCUT2D eigenvalue weighted by atomic mass is 16.5. The second-order valence-electron chi connectivity index (χ2n) is 6.49. The van der Waals surface area contributed by atoms with E-state index in [9.17, 15) is 14.4 Å². The van der Waals surface area contributed by atoms with Gasteiger partial charge in [-0.3, -0.25) is 9.59 Å². The molecule has 0 unspecified atom stereocenters. The van der Waals surface area contributed by atoms with Gasteiger partial charge in [0.05, 0.1) is 12.7 Å². The van der Waals surface area contributed by atoms with E-state index in [-0.39, 0.29) is 17.5 Å². The number of ether oxygens (including phenoxy) is 1. The Labute approximate surface area is 145 Å². The highest BCUT2D eigenvalue weighted by Crippen LogP contribution is 2.19. The molecule has 6 nitrogen and oxygen atoms in total. The molecule has 1 aliphatic rings. The minimum absolute atomic E-state index is 0.155. The summed E-state index contributed by atoms with van der Waals surface area (Å²) in [4.78, 5) is 37.0. The van der Waals surface area contributed by atoms with Crippen LogP contribution in [0.25, 0.3) is 10.8 Å². The summed E-state index contributed by atoms with van der Waals surface area (Å²) in [5.41, 5.74) is 0.0187. The standard InChI is InChI=1S/C19H22N2O4/c1-12(17(22)20-15-5-3-4-6-15)21-10-9-13-7-8-14(19(24)25-2)11-16(13)18(21)23/h7-12,15H,3-6H2,1-2H3,(H,20,22)/t12-/m0/s1. The van der Waals surface area contributed by atoms with Crippen molar-refractivity contribution in [3.8, 4) is 0 Å². The molecule has 132 valence electrons. The smallest absolute Gasteiger partial charge is 0.337 e. The molecule has 1 aliphatic carbocycles. The van der Waals surface area contributed by atoms with Gasteiger partial charge in [-0.15, -0.1) is 0 Å². The van der Waals surface area contributed by atoms with Gasteiger partial charge in [-0.1, -0.05) is 18.9 Å². The largest absolute Gasteiger partial charge is 0.465 e. The Balaban J connectivity index is 1.92. The summed E-state index contributed by atoms with van der Waals surface area (Å²) in [6, 6.07) is 6.21. The number of pyridine rings is 1. The number of methoxy groups -OCH3 is 1. The molecule has 0 aliphatic heterocycles. The third-order valence-electron chi connectivity index (χ3n) is 4.85. The first-order valence-electron chi connectivity index (χ1n) is 8.55. The number of benzene rings is 1. The predicted molar refractivity (Wildman–Crippen MR) is 94.7 cm³/mol. The van der Waals surface area contributed by atoms with Gasteiger partial charge in [0.2, 0.25) is 5.91 Å². The zero-order valence-electron chi connectivity index (χ0n) is 14.5. The predicted octanol–water partition coefficient (Wildman–Crippen LogP) is 2.41. The van der Waals surface area contributed by atoms with Crippen LogP contribution in [0.4, 0.5) is 0 Å². The average molecular weight is 342 g/mol. The van der Waals surface area contributed by atoms with Crippen LogP contribution in [0.1, 0.15) is 49.0 Å². The Morgan fingerprint density at radius 2 is 1.96 bits per heavy atom. The van der Waals surface area contributed by atoms with Crippen LogP contribution in [-0.2, 0) is 9.53 Å². The SMILES string of the molecule is COC(=O)c1ccc2ccn([C@@H](C)C(=O)NC3CCCC3)c(=O)c2c1. The average Bonchev–Trinajstić information content (AvgIpc) is 3.13. The summed E-state index contributed by atoms with van der Waals surface area (Å²) in [6.45, 7) is 1.71. The van der Waals surface area contributed by atoms with Gasteiger partial charge in [0.15, 0.2) is 0 Å². The summed E-state index contributed by atoms with van der Waals surface area (Å²) in [5.74, 6) is -0.652. The molecule has 1 fully saturated rings. The van der Waals surface area contributed by atoms with Gasteiger partial charge in [0, 0.05) is 17.6 Å². The Morgan fingerprint density at radius 3 is 2.64 bits per heavy atom. The van der Waals surface area contributed by atoms with Crippen molar-refractivity contribution in [2.75, 3.05) is 7.11 Å². The third kappa shape index (κ3) is 3.43. The molecule has 25 heavy (non-hydrogen) atoms. The molecule has 1 atom stereocenters. The van der Waals surface area contributed by atoms with Crippen LogP contribution in [0.3, 0.4) is 0 Å². The van der Waals surface area contributed by atoms with Gasteiger partial charge in [-0.25, -0.2) is 4.79 Å². The van der Waals surface area contributed by atoms with E-state index in [1.54, 1.807) is 31.3 Å². The normalized spacial score (nSPS) is 15.9. The number of rotatable bonds is 4. The lowest BCUT2D eigenvalue weighted by Crippen LogP contribution is -2.40. The fourth-order valence-corrected chi connectivity index (χ4v) is 3.32. The number of fused-ring (bicyclic) bond motifs is 1. The lowest BCUT2D eigenvalue weighted by molar-refractivity contribution is -0.124. The van der Waals surface area contributed by atoms with E-state index in [1.165, 1.54) is 17.7 Å². The van der Waals surface area contributed by atoms with Gasteiger partial charge < -0.3 is 14.6 Å². The summed E-state index contributed by atoms with van der Waals surface area (Å²) < 4.78 is 6.11. The van der Waals surface area contributed by atoms with E-state index < -0.39 is 12.0 Å². The number of nitrogens with zero attached hydrogens (tertiary/aromatic N) is 1. The monoisotopic (exact) mass is 342 g/mol. The highest BCUT2D eigenvalue weighted by Gasteiger charge is 2.22. The zero-order valence-corrected chi connectivity index (χ0v) is 14.5. The van der Waals surface area contributed by atoms with Crippen LogP contribution < -0.4 is 10.9 Å². The number of amides is 1. The fraction of sp³-hybridized carbons (Fsp3) is 0.421. The summed E-state index contributed by atoms with van der Waals surface area (Å²) in [5, 5.41) is 4.13. The van der Waals surface area contributed by atoms with Crippen molar-refractivity contribution in [3.05, 3.63) is 46.4 Å². The van der Waals surface area contributed by atoms with E-state index in [2.05, 4.69) is 5.32 Å². The van der Waals surface area contributed by atoms with Gasteiger partial charge in [0.1, 0.15) is 6.04 Å². The maximum Gasteiger partial charge on any atom is 0.337 e. The second-order valence-corrected chi connectivity index (χ2v) is 6.49. The van der Waals surface area contributed by atoms with Gasteiger partial charge in [-0.05, 0) is 43.4 Å². The molecule has 0 radical (unpaired) electrons. The van der Waals surface area contributed by atoms with Crippen LogP contribution in [-0.4, -0.2) is 29.6 Å². The molecule has 3 rings (SSSR count). The van der Waals surface area contributed by atoms with E-state index >= 15 is 0 Å². The molecule has 1 aromatic heterocycles. The molecule has 1 heterocycles. The lowest BCUT2D eigenvalue weighted by Gasteiger charge is -2.19. The summed E-state index contributed by atoms with van der Waals surface area (Å²) in [6.07, 6.45) is 5.87. The van der Waals surface area contributed by atoms with E-state index in [0.29, 0.717) is 10.9 Å². The molecule has 0 bridgehead atoms. The second kappa shape index (κ2) is 7.09. The number of carbonyl (C=O) groups is 2.